The van der Waals surface area contributed by atoms with Crippen LogP contribution in [0.2, 0.25) is 0 Å². The molecule has 0 atom stereocenters. The van der Waals surface area contributed by atoms with E-state index in [1.54, 1.807) is 0 Å². The van der Waals surface area contributed by atoms with Crippen LogP contribution in [0.15, 0.2) is 0 Å². The maximum Gasteiger partial charge on any atom is 1.00 e. The van der Waals surface area contributed by atoms with Crippen molar-refractivity contribution in [3.05, 3.63) is 0 Å². The van der Waals surface area contributed by atoms with E-state index >= 15 is 0 Å². The van der Waals surface area contributed by atoms with E-state index in [9.17, 15) is 4.79 Å². The summed E-state index contributed by atoms with van der Waals surface area (Å²) in [7, 11) is 0. The molecule has 0 heterocycles. The largest absolute Gasteiger partial charge is 1.00 e. The van der Waals surface area contributed by atoms with Gasteiger partial charge in [0.05, 0.1) is 0 Å². The molecule has 0 fully saturated rings. The summed E-state index contributed by atoms with van der Waals surface area (Å²) in [5, 5.41) is 0. The van der Waals surface area contributed by atoms with Crippen LogP contribution >= 0.6 is 0 Å². The molecule has 0 aliphatic rings. The second-order valence-corrected chi connectivity index (χ2v) is 5.30. The van der Waals surface area contributed by atoms with E-state index in [0.29, 0.717) is 6.42 Å². The molecule has 0 spiro atoms. The van der Waals surface area contributed by atoms with Gasteiger partial charge in [-0.2, -0.15) is 5.48 Å². The summed E-state index contributed by atoms with van der Waals surface area (Å²) in [5.74, 6) is -0.144. The topological polar surface area (TPSA) is 38.3 Å². The molecule has 0 aliphatic carbocycles. The zero-order valence-corrected chi connectivity index (χ0v) is 16.0. The second kappa shape index (κ2) is 19.4. The Morgan fingerprint density at radius 3 is 1.85 bits per heavy atom. The van der Waals surface area contributed by atoms with Crippen LogP contribution in [0, 0.1) is 0 Å². The monoisotopic (exact) mass is 295 g/mol. The van der Waals surface area contributed by atoms with Gasteiger partial charge in [-0.15, -0.1) is 0 Å². The summed E-state index contributed by atoms with van der Waals surface area (Å²) in [6.45, 7) is 5.02. The molecule has 0 saturated carbocycles. The first-order chi connectivity index (χ1) is 9.31. The Kier molecular flexibility index (Phi) is 22.1. The van der Waals surface area contributed by atoms with Crippen LogP contribution in [0.1, 0.15) is 92.3 Å². The van der Waals surface area contributed by atoms with E-state index in [4.69, 9.17) is 4.84 Å². The first-order valence-corrected chi connectivity index (χ1v) is 8.23. The van der Waals surface area contributed by atoms with Gasteiger partial charge in [-0.3, -0.25) is 4.79 Å². The minimum Gasteiger partial charge on any atom is -1.00 e. The molecular weight excluding hydrogens is 261 g/mol. The van der Waals surface area contributed by atoms with Crippen LogP contribution in [-0.4, -0.2) is 12.5 Å². The summed E-state index contributed by atoms with van der Waals surface area (Å²) >= 11 is 0. The smallest absolute Gasteiger partial charge is 1.00 e. The fourth-order valence-electron chi connectivity index (χ4n) is 2.07. The Hall–Kier alpha value is 0.430. The number of hydrogen-bond donors (Lipinski definition) is 1. The van der Waals surface area contributed by atoms with Crippen molar-refractivity contribution in [3.63, 3.8) is 0 Å². The van der Waals surface area contributed by atoms with Crippen LogP contribution in [0.3, 0.4) is 0 Å². The summed E-state index contributed by atoms with van der Waals surface area (Å²) in [6, 6.07) is 0. The molecule has 1 N–H and O–H groups in total. The molecule has 0 aromatic rings. The number of unbranched alkanes of at least 4 members (excludes halogenated alkanes) is 9. The second-order valence-electron chi connectivity index (χ2n) is 5.30. The van der Waals surface area contributed by atoms with Gasteiger partial charge >= 0.3 is 35.5 Å². The third-order valence-electron chi connectivity index (χ3n) is 3.27. The van der Waals surface area contributed by atoms with Crippen molar-refractivity contribution in [2.24, 2.45) is 0 Å². The summed E-state index contributed by atoms with van der Waals surface area (Å²) in [5.41, 5.74) is 2.75. The number of nitrogens with one attached hydrogen (secondary N) is 1. The first-order valence-electron chi connectivity index (χ1n) is 8.23. The van der Waals surface area contributed by atoms with Crippen molar-refractivity contribution in [2.45, 2.75) is 90.9 Å². The van der Waals surface area contributed by atoms with Gasteiger partial charge in [-0.1, -0.05) is 71.6 Å². The van der Waals surface area contributed by atoms with Crippen molar-refractivity contribution < 1.29 is 40.6 Å². The van der Waals surface area contributed by atoms with E-state index in [1.165, 1.54) is 57.8 Å². The van der Waals surface area contributed by atoms with E-state index in [1.807, 2.05) is 6.92 Å². The molecule has 4 heteroatoms. The fourth-order valence-corrected chi connectivity index (χ4v) is 2.07. The third-order valence-corrected chi connectivity index (χ3v) is 3.27. The molecule has 0 unspecified atom stereocenters. The Morgan fingerprint density at radius 2 is 1.35 bits per heavy atom. The molecular formula is C16H34NNaO2. The van der Waals surface area contributed by atoms with Crippen LogP contribution in [0.25, 0.3) is 0 Å². The molecule has 3 nitrogen and oxygen atoms in total. The average molecular weight is 295 g/mol. The van der Waals surface area contributed by atoms with Crippen LogP contribution in [-0.2, 0) is 9.63 Å². The van der Waals surface area contributed by atoms with E-state index in [-0.39, 0.29) is 37.0 Å². The zero-order valence-electron chi connectivity index (χ0n) is 15.0. The van der Waals surface area contributed by atoms with Gasteiger partial charge in [0.15, 0.2) is 0 Å². The maximum absolute atomic E-state index is 11.0. The minimum absolute atomic E-state index is 0. The van der Waals surface area contributed by atoms with Gasteiger partial charge in [-0.05, 0) is 12.8 Å². The molecule has 0 rings (SSSR count). The van der Waals surface area contributed by atoms with E-state index in [2.05, 4.69) is 12.4 Å². The molecule has 20 heavy (non-hydrogen) atoms. The van der Waals surface area contributed by atoms with Gasteiger partial charge in [0, 0.05) is 13.0 Å². The van der Waals surface area contributed by atoms with Crippen molar-refractivity contribution in [2.75, 3.05) is 6.54 Å². The molecule has 0 radical (unpaired) electrons. The normalized spacial score (nSPS) is 10.1. The minimum atomic E-state index is -0.144. The summed E-state index contributed by atoms with van der Waals surface area (Å²) in [4.78, 5) is 15.9. The molecule has 116 valence electrons. The van der Waals surface area contributed by atoms with Gasteiger partial charge in [0.2, 0.25) is 0 Å². The van der Waals surface area contributed by atoms with E-state index < -0.39 is 0 Å². The predicted molar refractivity (Wildman–Crippen MR) is 82.0 cm³/mol. The summed E-state index contributed by atoms with van der Waals surface area (Å²) in [6.07, 6.45) is 14.6. The molecule has 0 saturated heterocycles. The van der Waals surface area contributed by atoms with Gasteiger partial charge in [-0.25, -0.2) is 0 Å². The quantitative estimate of drug-likeness (QED) is 0.302. The van der Waals surface area contributed by atoms with Crippen molar-refractivity contribution in [1.29, 1.82) is 0 Å². The SMILES string of the molecule is CCCCCCCCCCCCNOC(=O)CCC.[H-].[Na+]. The van der Waals surface area contributed by atoms with Gasteiger partial charge < -0.3 is 6.26 Å². The van der Waals surface area contributed by atoms with Crippen LogP contribution in [0.5, 0.6) is 0 Å². The Bertz CT molecular complexity index is 207. The van der Waals surface area contributed by atoms with E-state index in [0.717, 1.165) is 19.4 Å². The zero-order chi connectivity index (χ0) is 14.2. The standard InChI is InChI=1S/C16H33NO2.Na.H/c1-3-5-6-7-8-9-10-11-12-13-15-17-19-16(18)14-4-2;;/h17H,3-15H2,1-2H3;;/q;+1;-1. The molecule has 0 aliphatic heterocycles. The van der Waals surface area contributed by atoms with Gasteiger partial charge in [0.1, 0.15) is 0 Å². The predicted octanol–water partition coefficient (Wildman–Crippen LogP) is 1.87. The summed E-state index contributed by atoms with van der Waals surface area (Å²) < 4.78 is 0. The maximum atomic E-state index is 11.0. The molecule has 0 aromatic heterocycles. The molecule has 0 bridgehead atoms. The van der Waals surface area contributed by atoms with Crippen LogP contribution < -0.4 is 35.0 Å². The number of rotatable bonds is 14. The number of hydrogen-bond acceptors (Lipinski definition) is 3. The fraction of sp³-hybridized carbons (Fsp3) is 0.938. The van der Waals surface area contributed by atoms with Gasteiger partial charge in [0.25, 0.3) is 0 Å². The third kappa shape index (κ3) is 18.4. The van der Waals surface area contributed by atoms with Crippen molar-refractivity contribution in [3.8, 4) is 0 Å². The molecule has 0 amide bonds. The Balaban J connectivity index is -0.00000162. The van der Waals surface area contributed by atoms with Crippen LogP contribution in [0.4, 0.5) is 0 Å². The Morgan fingerprint density at radius 1 is 0.850 bits per heavy atom. The molecule has 0 aromatic carbocycles. The Labute approximate surface area is 149 Å². The first kappa shape index (κ1) is 22.7. The number of carbonyl (C=O) groups excluding carboxylic acids is 1. The number of hydroxylamine groups is 1. The number of carbonyl (C=O) groups is 1. The van der Waals surface area contributed by atoms with Crippen molar-refractivity contribution >= 4 is 5.97 Å². The average Bonchev–Trinajstić information content (AvgIpc) is 2.40. The van der Waals surface area contributed by atoms with Crippen molar-refractivity contribution in [1.82, 2.24) is 5.48 Å².